The van der Waals surface area contributed by atoms with Crippen molar-refractivity contribution in [3.05, 3.63) is 76.9 Å². The molecule has 198 valence electrons. The average molecular weight is 534 g/mol. The molecule has 16 nitrogen and oxygen atoms in total. The van der Waals surface area contributed by atoms with Crippen LogP contribution < -0.4 is 10.9 Å². The normalized spacial score (nSPS) is 33.9. The van der Waals surface area contributed by atoms with Crippen LogP contribution in [0.25, 0.3) is 0 Å². The minimum atomic E-state index is -0.696. The van der Waals surface area contributed by atoms with E-state index in [4.69, 9.17) is 0 Å². The van der Waals surface area contributed by atoms with Gasteiger partial charge in [0.05, 0.1) is 31.8 Å². The van der Waals surface area contributed by atoms with Gasteiger partial charge in [-0.25, -0.2) is 0 Å². The molecule has 2 aromatic rings. The van der Waals surface area contributed by atoms with E-state index in [0.29, 0.717) is 23.7 Å². The first-order chi connectivity index (χ1) is 18.7. The Morgan fingerprint density at radius 2 is 1.03 bits per heavy atom. The maximum Gasteiger partial charge on any atom is 0.301 e. The number of hydrogen-bond acceptors (Lipinski definition) is 12. The van der Waals surface area contributed by atoms with Gasteiger partial charge in [-0.1, -0.05) is 0 Å². The van der Waals surface area contributed by atoms with Crippen LogP contribution >= 0.6 is 0 Å². The molecule has 2 aromatic carbocycles. The molecular formula is C23H18N8O8. The lowest BCUT2D eigenvalue weighted by molar-refractivity contribution is -0.393. The molecule has 0 aliphatic heterocycles. The van der Waals surface area contributed by atoms with E-state index in [2.05, 4.69) is 21.1 Å². The predicted octanol–water partition coefficient (Wildman–Crippen LogP) is 3.94. The van der Waals surface area contributed by atoms with Crippen LogP contribution in [-0.4, -0.2) is 31.1 Å². The maximum absolute atomic E-state index is 11.5. The van der Waals surface area contributed by atoms with Crippen LogP contribution in [0.1, 0.15) is 6.42 Å². The monoisotopic (exact) mass is 534 g/mol. The fourth-order valence-corrected chi connectivity index (χ4v) is 8.17. The maximum atomic E-state index is 11.5. The fraction of sp³-hybridized carbons (Fsp3) is 0.391. The third kappa shape index (κ3) is 2.98. The van der Waals surface area contributed by atoms with E-state index in [1.54, 1.807) is 0 Å². The summed E-state index contributed by atoms with van der Waals surface area (Å²) in [5.41, 5.74) is 5.94. The molecular weight excluding hydrogens is 516 g/mol. The molecule has 39 heavy (non-hydrogen) atoms. The summed E-state index contributed by atoms with van der Waals surface area (Å²) in [7, 11) is 0. The van der Waals surface area contributed by atoms with Gasteiger partial charge < -0.3 is 0 Å². The SMILES string of the molecule is O=[N+]([O-])c1ccc(NN=C2[C@@H]3[C@H]4C[C@H]5[C@@H]3C(=NNc3ccc([N+](=O)[O-])cc3[N+](=O)[O-])[C@@H]3[C@@H]2[C@H]4[C@@H]53)c([N+](=O)[O-])c1. The number of benzene rings is 2. The molecule has 0 heterocycles. The smallest absolute Gasteiger partial charge is 0.272 e. The van der Waals surface area contributed by atoms with Crippen molar-refractivity contribution >= 4 is 45.5 Å². The summed E-state index contributed by atoms with van der Waals surface area (Å²) in [5.74, 6) is 2.16. The predicted molar refractivity (Wildman–Crippen MR) is 134 cm³/mol. The first-order valence-corrected chi connectivity index (χ1v) is 12.2. The Kier molecular flexibility index (Phi) is 4.59. The zero-order chi connectivity index (χ0) is 27.3. The number of nitro benzene ring substituents is 4. The topological polar surface area (TPSA) is 221 Å². The summed E-state index contributed by atoms with van der Waals surface area (Å²) in [6.07, 6.45) is 1.03. The van der Waals surface area contributed by atoms with E-state index in [9.17, 15) is 40.5 Å². The number of hydrazone groups is 2. The molecule has 5 saturated carbocycles. The van der Waals surface area contributed by atoms with Crippen molar-refractivity contribution < 1.29 is 19.7 Å². The van der Waals surface area contributed by atoms with Crippen molar-refractivity contribution in [3.8, 4) is 0 Å². The summed E-state index contributed by atoms with van der Waals surface area (Å²) in [6, 6.07) is 6.72. The van der Waals surface area contributed by atoms with Gasteiger partial charge in [-0.15, -0.1) is 0 Å². The highest BCUT2D eigenvalue weighted by Gasteiger charge is 2.82. The third-order valence-corrected chi connectivity index (χ3v) is 9.26. The van der Waals surface area contributed by atoms with Gasteiger partial charge in [0.25, 0.3) is 11.4 Å². The first kappa shape index (κ1) is 23.1. The van der Waals surface area contributed by atoms with E-state index in [0.717, 1.165) is 30.0 Å². The molecule has 8 atom stereocenters. The highest BCUT2D eigenvalue weighted by Crippen LogP contribution is 2.81. The lowest BCUT2D eigenvalue weighted by atomic mass is 9.59. The van der Waals surface area contributed by atoms with Gasteiger partial charge in [-0.2, -0.15) is 10.2 Å². The van der Waals surface area contributed by atoms with Crippen LogP contribution in [-0.2, 0) is 0 Å². The quantitative estimate of drug-likeness (QED) is 0.366. The van der Waals surface area contributed by atoms with E-state index in [-0.39, 0.29) is 46.4 Å². The van der Waals surface area contributed by atoms with Crippen molar-refractivity contribution in [1.29, 1.82) is 0 Å². The van der Waals surface area contributed by atoms with Gasteiger partial charge >= 0.3 is 11.4 Å². The minimum Gasteiger partial charge on any atom is -0.272 e. The van der Waals surface area contributed by atoms with E-state index in [1.807, 2.05) is 0 Å². The molecule has 0 radical (unpaired) electrons. The third-order valence-electron chi connectivity index (χ3n) is 9.26. The minimum absolute atomic E-state index is 0.0671. The highest BCUT2D eigenvalue weighted by molar-refractivity contribution is 6.11. The molecule has 7 rings (SSSR count). The summed E-state index contributed by atoms with van der Waals surface area (Å²) in [6.45, 7) is 0. The molecule has 0 saturated heterocycles. The van der Waals surface area contributed by atoms with Crippen LogP contribution in [0.2, 0.25) is 0 Å². The average Bonchev–Trinajstić information content (AvgIpc) is 3.44. The summed E-state index contributed by atoms with van der Waals surface area (Å²) in [5, 5.41) is 54.3. The Morgan fingerprint density at radius 3 is 1.38 bits per heavy atom. The zero-order valence-electron chi connectivity index (χ0n) is 19.7. The van der Waals surface area contributed by atoms with Crippen molar-refractivity contribution in [1.82, 2.24) is 0 Å². The second-order valence-electron chi connectivity index (χ2n) is 10.5. The molecule has 0 aromatic heterocycles. The van der Waals surface area contributed by atoms with Gasteiger partial charge in [0.1, 0.15) is 11.4 Å². The standard InChI is InChI=1S/C23H18N8O8/c32-28(33)8-1-3-12(14(5-8)30(36)37)24-26-22-18-10-7-11-17-16(10)20(22)21(17)23(19(11)18)27-25-13-4-2-9(29(34)35)6-15(13)31(38)39/h1-6,10-11,16-21,24-25H,7H2/t10-,11+,16-,17-,18+,19-,20+,21+/m1/s1. The molecule has 5 aliphatic carbocycles. The Hall–Kier alpha value is -5.02. The van der Waals surface area contributed by atoms with Crippen molar-refractivity contribution in [2.24, 2.45) is 57.5 Å². The van der Waals surface area contributed by atoms with E-state index >= 15 is 0 Å². The van der Waals surface area contributed by atoms with Crippen LogP contribution in [0.4, 0.5) is 34.1 Å². The van der Waals surface area contributed by atoms with Gasteiger partial charge in [0.15, 0.2) is 0 Å². The largest absolute Gasteiger partial charge is 0.301 e. The van der Waals surface area contributed by atoms with Crippen molar-refractivity contribution in [2.75, 3.05) is 10.9 Å². The molecule has 0 spiro atoms. The molecule has 0 unspecified atom stereocenters. The number of nitro groups is 4. The van der Waals surface area contributed by atoms with Gasteiger partial charge in [0.2, 0.25) is 0 Å². The Balaban J connectivity index is 1.18. The zero-order valence-corrected chi connectivity index (χ0v) is 19.7. The molecule has 2 N–H and O–H groups in total. The van der Waals surface area contributed by atoms with E-state index in [1.165, 1.54) is 24.3 Å². The first-order valence-electron chi connectivity index (χ1n) is 12.2. The van der Waals surface area contributed by atoms with Crippen molar-refractivity contribution in [3.63, 3.8) is 0 Å². The van der Waals surface area contributed by atoms with Gasteiger partial charge in [-0.05, 0) is 42.2 Å². The molecule has 5 fully saturated rings. The Morgan fingerprint density at radius 1 is 0.615 bits per heavy atom. The fourth-order valence-electron chi connectivity index (χ4n) is 8.17. The van der Waals surface area contributed by atoms with Crippen LogP contribution in [0.15, 0.2) is 46.6 Å². The number of nitrogens with one attached hydrogen (secondary N) is 2. The second-order valence-corrected chi connectivity index (χ2v) is 10.5. The van der Waals surface area contributed by atoms with Gasteiger partial charge in [0, 0.05) is 47.2 Å². The Labute approximate surface area is 217 Å². The van der Waals surface area contributed by atoms with E-state index < -0.39 is 31.1 Å². The van der Waals surface area contributed by atoms with Crippen LogP contribution in [0.5, 0.6) is 0 Å². The number of nitrogens with zero attached hydrogens (tertiary/aromatic N) is 6. The van der Waals surface area contributed by atoms with Crippen LogP contribution in [0.3, 0.4) is 0 Å². The molecule has 0 amide bonds. The molecule has 16 heteroatoms. The number of fused-ring (bicyclic) bond motifs is 2. The molecule has 5 aliphatic rings. The number of anilines is 2. The Bertz CT molecular complexity index is 1470. The second kappa shape index (κ2) is 7.75. The highest BCUT2D eigenvalue weighted by atomic mass is 16.6. The van der Waals surface area contributed by atoms with Crippen LogP contribution in [0, 0.1) is 87.8 Å². The number of non-ortho nitro benzene ring substituents is 2. The summed E-state index contributed by atoms with van der Waals surface area (Å²) in [4.78, 5) is 42.3. The van der Waals surface area contributed by atoms with Crippen molar-refractivity contribution in [2.45, 2.75) is 6.42 Å². The van der Waals surface area contributed by atoms with Gasteiger partial charge in [-0.3, -0.25) is 51.3 Å². The summed E-state index contributed by atoms with van der Waals surface area (Å²) < 4.78 is 0. The summed E-state index contributed by atoms with van der Waals surface area (Å²) >= 11 is 0. The number of rotatable bonds is 8. The molecule has 2 bridgehead atoms. The lowest BCUT2D eigenvalue weighted by Gasteiger charge is -2.44. The number of hydrogen-bond donors (Lipinski definition) is 2. The lowest BCUT2D eigenvalue weighted by Crippen LogP contribution is -2.48.